The number of benzene rings is 1. The van der Waals surface area contributed by atoms with E-state index in [0.29, 0.717) is 0 Å². The van der Waals surface area contributed by atoms with Crippen molar-refractivity contribution in [3.8, 4) is 0 Å². The van der Waals surface area contributed by atoms with Crippen LogP contribution >= 0.6 is 11.8 Å². The Hall–Kier alpha value is -0.670. The van der Waals surface area contributed by atoms with Gasteiger partial charge in [-0.1, -0.05) is 25.1 Å². The average molecular weight is 236 g/mol. The van der Waals surface area contributed by atoms with Crippen LogP contribution in [0.1, 0.15) is 6.92 Å². The fourth-order valence-electron chi connectivity index (χ4n) is 2.01. The van der Waals surface area contributed by atoms with Crippen LogP contribution in [0.4, 0.5) is 5.69 Å². The Balaban J connectivity index is 1.68. The van der Waals surface area contributed by atoms with Gasteiger partial charge in [0.1, 0.15) is 0 Å². The Bertz CT molecular complexity index is 302. The van der Waals surface area contributed by atoms with Gasteiger partial charge in [0.25, 0.3) is 0 Å². The second kappa shape index (κ2) is 6.16. The molecule has 0 aromatic heterocycles. The minimum atomic E-state index is 0.797. The molecule has 1 N–H and O–H groups in total. The van der Waals surface area contributed by atoms with Gasteiger partial charge in [-0.15, -0.1) is 0 Å². The normalized spacial score (nSPS) is 21.9. The topological polar surface area (TPSA) is 15.3 Å². The first-order chi connectivity index (χ1) is 7.84. The zero-order chi connectivity index (χ0) is 11.2. The highest BCUT2D eigenvalue weighted by atomic mass is 32.2. The van der Waals surface area contributed by atoms with Crippen molar-refractivity contribution in [3.05, 3.63) is 30.3 Å². The van der Waals surface area contributed by atoms with Gasteiger partial charge in [-0.2, -0.15) is 11.8 Å². The van der Waals surface area contributed by atoms with Gasteiger partial charge in [0.05, 0.1) is 0 Å². The lowest BCUT2D eigenvalue weighted by molar-refractivity contribution is 0.297. The lowest BCUT2D eigenvalue weighted by Crippen LogP contribution is -2.39. The van der Waals surface area contributed by atoms with E-state index < -0.39 is 0 Å². The van der Waals surface area contributed by atoms with Crippen LogP contribution in [0.2, 0.25) is 0 Å². The smallest absolute Gasteiger partial charge is 0.0340 e. The first kappa shape index (κ1) is 11.8. The monoisotopic (exact) mass is 236 g/mol. The van der Waals surface area contributed by atoms with E-state index in [-0.39, 0.29) is 0 Å². The summed E-state index contributed by atoms with van der Waals surface area (Å²) < 4.78 is 0. The van der Waals surface area contributed by atoms with Gasteiger partial charge < -0.3 is 5.32 Å². The number of thioether (sulfide) groups is 1. The lowest BCUT2D eigenvalue weighted by atomic mass is 10.3. The predicted octanol–water partition coefficient (Wildman–Crippen LogP) is 2.54. The van der Waals surface area contributed by atoms with Gasteiger partial charge in [0.15, 0.2) is 0 Å². The Morgan fingerprint density at radius 1 is 1.38 bits per heavy atom. The van der Waals surface area contributed by atoms with Gasteiger partial charge in [-0.25, -0.2) is 0 Å². The summed E-state index contributed by atoms with van der Waals surface area (Å²) in [6, 6.07) is 10.4. The molecule has 1 aliphatic heterocycles. The molecule has 16 heavy (non-hydrogen) atoms. The van der Waals surface area contributed by atoms with Crippen LogP contribution in [0, 0.1) is 0 Å². The number of rotatable bonds is 4. The van der Waals surface area contributed by atoms with Crippen LogP contribution in [-0.2, 0) is 0 Å². The van der Waals surface area contributed by atoms with Crippen molar-refractivity contribution in [1.29, 1.82) is 0 Å². The minimum absolute atomic E-state index is 0.797. The zero-order valence-electron chi connectivity index (χ0n) is 9.86. The van der Waals surface area contributed by atoms with E-state index in [1.165, 1.54) is 24.5 Å². The summed E-state index contributed by atoms with van der Waals surface area (Å²) in [5.74, 6) is 1.28. The minimum Gasteiger partial charge on any atom is -0.384 e. The Morgan fingerprint density at radius 3 is 2.94 bits per heavy atom. The molecule has 1 aliphatic rings. The maximum atomic E-state index is 3.46. The van der Waals surface area contributed by atoms with Gasteiger partial charge in [-0.05, 0) is 12.1 Å². The summed E-state index contributed by atoms with van der Waals surface area (Å²) in [4.78, 5) is 2.55. The molecule has 0 radical (unpaired) electrons. The van der Waals surface area contributed by atoms with Gasteiger partial charge in [0.2, 0.25) is 0 Å². The van der Waals surface area contributed by atoms with Crippen LogP contribution < -0.4 is 5.32 Å². The Morgan fingerprint density at radius 2 is 2.19 bits per heavy atom. The van der Waals surface area contributed by atoms with Crippen molar-refractivity contribution >= 4 is 17.4 Å². The molecule has 2 nitrogen and oxygen atoms in total. The molecule has 1 atom stereocenters. The quantitative estimate of drug-likeness (QED) is 0.865. The summed E-state index contributed by atoms with van der Waals surface area (Å²) in [5, 5.41) is 4.26. The molecule has 1 unspecified atom stereocenters. The maximum Gasteiger partial charge on any atom is 0.0340 e. The third-order valence-electron chi connectivity index (χ3n) is 2.86. The Labute approximate surface area is 102 Å². The second-order valence-corrected chi connectivity index (χ2v) is 5.82. The van der Waals surface area contributed by atoms with E-state index in [0.717, 1.165) is 18.3 Å². The number of nitrogens with zero attached hydrogens (tertiary/aromatic N) is 1. The van der Waals surface area contributed by atoms with Crippen molar-refractivity contribution in [2.75, 3.05) is 37.2 Å². The molecule has 0 amide bonds. The van der Waals surface area contributed by atoms with Crippen LogP contribution in [-0.4, -0.2) is 42.1 Å². The Kier molecular flexibility index (Phi) is 4.55. The van der Waals surface area contributed by atoms with E-state index in [2.05, 4.69) is 59.2 Å². The van der Waals surface area contributed by atoms with Crippen LogP contribution in [0.5, 0.6) is 0 Å². The van der Waals surface area contributed by atoms with Crippen molar-refractivity contribution in [2.24, 2.45) is 0 Å². The molecule has 1 heterocycles. The number of hydrogen-bond acceptors (Lipinski definition) is 3. The van der Waals surface area contributed by atoms with Gasteiger partial charge in [0, 0.05) is 42.9 Å². The molecule has 0 spiro atoms. The predicted molar refractivity (Wildman–Crippen MR) is 73.3 cm³/mol. The molecule has 3 heteroatoms. The molecule has 2 rings (SSSR count). The van der Waals surface area contributed by atoms with Crippen LogP contribution in [0.25, 0.3) is 0 Å². The highest BCUT2D eigenvalue weighted by Crippen LogP contribution is 2.17. The largest absolute Gasteiger partial charge is 0.384 e. The van der Waals surface area contributed by atoms with E-state index in [9.17, 15) is 0 Å². The average Bonchev–Trinajstić information content (AvgIpc) is 2.30. The summed E-state index contributed by atoms with van der Waals surface area (Å²) >= 11 is 2.09. The van der Waals surface area contributed by atoms with Crippen LogP contribution in [0.15, 0.2) is 30.3 Å². The summed E-state index contributed by atoms with van der Waals surface area (Å²) in [5.41, 5.74) is 1.22. The second-order valence-electron chi connectivity index (χ2n) is 4.27. The fraction of sp³-hybridized carbons (Fsp3) is 0.538. The van der Waals surface area contributed by atoms with E-state index in [1.54, 1.807) is 0 Å². The molecular weight excluding hydrogens is 216 g/mol. The van der Waals surface area contributed by atoms with Gasteiger partial charge >= 0.3 is 0 Å². The number of hydrogen-bond donors (Lipinski definition) is 1. The first-order valence-electron chi connectivity index (χ1n) is 5.97. The molecule has 1 aromatic rings. The molecule has 0 bridgehead atoms. The molecule has 88 valence electrons. The van der Waals surface area contributed by atoms with Crippen molar-refractivity contribution in [1.82, 2.24) is 4.90 Å². The third-order valence-corrected chi connectivity index (χ3v) is 3.99. The maximum absolute atomic E-state index is 3.46. The first-order valence-corrected chi connectivity index (χ1v) is 7.02. The molecule has 1 fully saturated rings. The molecule has 1 saturated heterocycles. The van der Waals surface area contributed by atoms with Crippen molar-refractivity contribution < 1.29 is 0 Å². The summed E-state index contributed by atoms with van der Waals surface area (Å²) in [7, 11) is 0. The van der Waals surface area contributed by atoms with Gasteiger partial charge in [-0.3, -0.25) is 4.90 Å². The highest BCUT2D eigenvalue weighted by Gasteiger charge is 2.15. The zero-order valence-corrected chi connectivity index (χ0v) is 10.7. The van der Waals surface area contributed by atoms with E-state index in [4.69, 9.17) is 0 Å². The number of anilines is 1. The lowest BCUT2D eigenvalue weighted by Gasteiger charge is -2.30. The third kappa shape index (κ3) is 3.72. The summed E-state index contributed by atoms with van der Waals surface area (Å²) in [6.07, 6.45) is 0. The number of nitrogens with one attached hydrogen (secondary N) is 1. The fourth-order valence-corrected chi connectivity index (χ4v) is 3.09. The summed E-state index contributed by atoms with van der Waals surface area (Å²) in [6.45, 7) is 7.00. The highest BCUT2D eigenvalue weighted by molar-refractivity contribution is 7.99. The molecule has 0 saturated carbocycles. The standard InChI is InChI=1S/C13H20N2S/c1-12-11-15(9-10-16-12)8-7-14-13-5-3-2-4-6-13/h2-6,12,14H,7-11H2,1H3. The molecule has 1 aromatic carbocycles. The number of para-hydroxylation sites is 1. The van der Waals surface area contributed by atoms with Crippen molar-refractivity contribution in [3.63, 3.8) is 0 Å². The van der Waals surface area contributed by atoms with Crippen molar-refractivity contribution in [2.45, 2.75) is 12.2 Å². The van der Waals surface area contributed by atoms with E-state index in [1.807, 2.05) is 0 Å². The van der Waals surface area contributed by atoms with Crippen LogP contribution in [0.3, 0.4) is 0 Å². The molecule has 0 aliphatic carbocycles. The SMILES string of the molecule is CC1CN(CCNc2ccccc2)CCS1. The molecular formula is C13H20N2S. The van der Waals surface area contributed by atoms with E-state index >= 15 is 0 Å².